The molecular formula is C11H15N3O4. The Labute approximate surface area is 104 Å². The molecule has 1 aliphatic rings. The quantitative estimate of drug-likeness (QED) is 0.810. The molecule has 18 heavy (non-hydrogen) atoms. The number of carbonyl (C=O) groups excluding carboxylic acids is 2. The molecule has 0 atom stereocenters. The minimum absolute atomic E-state index is 0.0547. The molecule has 0 bridgehead atoms. The number of aromatic nitrogens is 2. The van der Waals surface area contributed by atoms with Gasteiger partial charge in [-0.15, -0.1) is 0 Å². The first kappa shape index (κ1) is 12.5. The lowest BCUT2D eigenvalue weighted by Crippen LogP contribution is -2.35. The topological polar surface area (TPSA) is 85.5 Å². The molecule has 2 heterocycles. The van der Waals surface area contributed by atoms with Gasteiger partial charge in [-0.1, -0.05) is 19.0 Å². The highest BCUT2D eigenvalue weighted by Gasteiger charge is 2.47. The van der Waals surface area contributed by atoms with E-state index >= 15 is 0 Å². The monoisotopic (exact) mass is 253 g/mol. The molecule has 1 aromatic rings. The maximum atomic E-state index is 11.9. The first-order valence-electron chi connectivity index (χ1n) is 5.68. The number of nitrogens with zero attached hydrogens (tertiary/aromatic N) is 3. The zero-order chi connectivity index (χ0) is 13.5. The minimum Gasteiger partial charge on any atom is -0.433 e. The molecule has 2 amide bonds. The molecule has 2 rings (SSSR count). The van der Waals surface area contributed by atoms with Gasteiger partial charge in [0.2, 0.25) is 5.89 Å². The van der Waals surface area contributed by atoms with Crippen LogP contribution >= 0.6 is 0 Å². The Morgan fingerprint density at radius 3 is 2.44 bits per heavy atom. The van der Waals surface area contributed by atoms with E-state index in [1.807, 2.05) is 13.8 Å². The summed E-state index contributed by atoms with van der Waals surface area (Å²) in [5.41, 5.74) is -1.13. The van der Waals surface area contributed by atoms with Gasteiger partial charge in [0.25, 0.3) is 5.91 Å². The van der Waals surface area contributed by atoms with Crippen molar-refractivity contribution >= 4 is 12.0 Å². The van der Waals surface area contributed by atoms with Crippen LogP contribution in [0.1, 0.15) is 45.3 Å². The molecule has 1 aliphatic heterocycles. The number of carbonyl (C=O) groups is 2. The lowest BCUT2D eigenvalue weighted by atomic mass is 10.1. The first-order chi connectivity index (χ1) is 8.31. The van der Waals surface area contributed by atoms with Gasteiger partial charge in [-0.3, -0.25) is 4.79 Å². The molecule has 98 valence electrons. The Bertz CT molecular complexity index is 492. The van der Waals surface area contributed by atoms with E-state index in [0.717, 1.165) is 4.90 Å². The van der Waals surface area contributed by atoms with Crippen molar-refractivity contribution in [3.05, 3.63) is 11.7 Å². The van der Waals surface area contributed by atoms with Crippen LogP contribution in [-0.2, 0) is 16.1 Å². The summed E-state index contributed by atoms with van der Waals surface area (Å²) in [4.78, 5) is 28.5. The van der Waals surface area contributed by atoms with E-state index in [0.29, 0.717) is 5.82 Å². The van der Waals surface area contributed by atoms with E-state index in [1.165, 1.54) is 0 Å². The summed E-state index contributed by atoms with van der Waals surface area (Å²) >= 11 is 0. The van der Waals surface area contributed by atoms with Crippen LogP contribution in [0, 0.1) is 0 Å². The Hall–Kier alpha value is -1.92. The van der Waals surface area contributed by atoms with Crippen molar-refractivity contribution in [3.63, 3.8) is 0 Å². The third kappa shape index (κ3) is 2.07. The van der Waals surface area contributed by atoms with Gasteiger partial charge < -0.3 is 9.26 Å². The van der Waals surface area contributed by atoms with Gasteiger partial charge in [0.1, 0.15) is 6.54 Å². The van der Waals surface area contributed by atoms with Gasteiger partial charge in [0, 0.05) is 5.92 Å². The van der Waals surface area contributed by atoms with Gasteiger partial charge in [0.05, 0.1) is 0 Å². The third-order valence-electron chi connectivity index (χ3n) is 2.62. The molecule has 7 heteroatoms. The van der Waals surface area contributed by atoms with Crippen molar-refractivity contribution in [1.29, 1.82) is 0 Å². The highest BCUT2D eigenvalue weighted by molar-refractivity contribution is 6.02. The fourth-order valence-corrected chi connectivity index (χ4v) is 1.56. The molecule has 0 radical (unpaired) electrons. The molecule has 0 saturated carbocycles. The fraction of sp³-hybridized carbons (Fsp3) is 0.636. The van der Waals surface area contributed by atoms with Crippen molar-refractivity contribution in [2.75, 3.05) is 0 Å². The summed E-state index contributed by atoms with van der Waals surface area (Å²) in [7, 11) is 0. The molecule has 0 spiro atoms. The van der Waals surface area contributed by atoms with Crippen molar-refractivity contribution in [2.24, 2.45) is 0 Å². The second kappa shape index (κ2) is 4.08. The summed E-state index contributed by atoms with van der Waals surface area (Å²) in [5, 5.41) is 3.77. The maximum Gasteiger partial charge on any atom is 0.418 e. The van der Waals surface area contributed by atoms with Gasteiger partial charge >= 0.3 is 6.09 Å². The number of hydrogen-bond acceptors (Lipinski definition) is 6. The lowest BCUT2D eigenvalue weighted by molar-refractivity contribution is -0.135. The smallest absolute Gasteiger partial charge is 0.418 e. The number of hydrogen-bond donors (Lipinski definition) is 0. The van der Waals surface area contributed by atoms with E-state index < -0.39 is 17.6 Å². The highest BCUT2D eigenvalue weighted by Crippen LogP contribution is 2.24. The van der Waals surface area contributed by atoms with Crippen molar-refractivity contribution in [1.82, 2.24) is 15.0 Å². The van der Waals surface area contributed by atoms with Crippen LogP contribution in [0.25, 0.3) is 0 Å². The zero-order valence-corrected chi connectivity index (χ0v) is 10.8. The Kier molecular flexibility index (Phi) is 2.84. The van der Waals surface area contributed by atoms with Crippen molar-refractivity contribution in [3.8, 4) is 0 Å². The van der Waals surface area contributed by atoms with Crippen LogP contribution in [0.15, 0.2) is 4.52 Å². The summed E-state index contributed by atoms with van der Waals surface area (Å²) in [6.07, 6.45) is -0.686. The van der Waals surface area contributed by atoms with E-state index in [1.54, 1.807) is 13.8 Å². The summed E-state index contributed by atoms with van der Waals surface area (Å²) in [6.45, 7) is 6.88. The predicted octanol–water partition coefficient (Wildman–Crippen LogP) is 1.45. The Balaban J connectivity index is 2.14. The van der Waals surface area contributed by atoms with Crippen LogP contribution < -0.4 is 0 Å². The number of cyclic esters (lactones) is 1. The second-order valence-electron chi connectivity index (χ2n) is 4.97. The number of rotatable bonds is 3. The Morgan fingerprint density at radius 2 is 2.00 bits per heavy atom. The third-order valence-corrected chi connectivity index (χ3v) is 2.62. The molecule has 0 aliphatic carbocycles. The maximum absolute atomic E-state index is 11.9. The van der Waals surface area contributed by atoms with E-state index in [2.05, 4.69) is 10.1 Å². The molecule has 1 saturated heterocycles. The number of amides is 2. The van der Waals surface area contributed by atoms with Crippen LogP contribution in [-0.4, -0.2) is 32.6 Å². The average molecular weight is 253 g/mol. The SMILES string of the molecule is CC(C)c1noc(CN2C(=O)OC(C)(C)C2=O)n1. The molecule has 0 unspecified atom stereocenters. The highest BCUT2D eigenvalue weighted by atomic mass is 16.6. The summed E-state index contributed by atoms with van der Waals surface area (Å²) in [5.74, 6) is 0.489. The predicted molar refractivity (Wildman–Crippen MR) is 59.5 cm³/mol. The van der Waals surface area contributed by atoms with Gasteiger partial charge in [-0.25, -0.2) is 9.69 Å². The fourth-order valence-electron chi connectivity index (χ4n) is 1.56. The minimum atomic E-state index is -1.13. The van der Waals surface area contributed by atoms with Gasteiger partial charge in [-0.2, -0.15) is 4.98 Å². The average Bonchev–Trinajstić information content (AvgIpc) is 2.78. The van der Waals surface area contributed by atoms with Crippen molar-refractivity contribution < 1.29 is 18.8 Å². The van der Waals surface area contributed by atoms with E-state index in [4.69, 9.17) is 9.26 Å². The Morgan fingerprint density at radius 1 is 1.33 bits per heavy atom. The second-order valence-corrected chi connectivity index (χ2v) is 4.97. The largest absolute Gasteiger partial charge is 0.433 e. The summed E-state index contributed by atoms with van der Waals surface area (Å²) < 4.78 is 9.94. The van der Waals surface area contributed by atoms with Crippen LogP contribution in [0.4, 0.5) is 4.79 Å². The van der Waals surface area contributed by atoms with E-state index in [-0.39, 0.29) is 18.4 Å². The molecule has 7 nitrogen and oxygen atoms in total. The first-order valence-corrected chi connectivity index (χ1v) is 5.68. The van der Waals surface area contributed by atoms with Gasteiger partial charge in [-0.05, 0) is 13.8 Å². The summed E-state index contributed by atoms with van der Waals surface area (Å²) in [6, 6.07) is 0. The van der Waals surface area contributed by atoms with E-state index in [9.17, 15) is 9.59 Å². The van der Waals surface area contributed by atoms with Crippen LogP contribution in [0.2, 0.25) is 0 Å². The zero-order valence-electron chi connectivity index (χ0n) is 10.8. The van der Waals surface area contributed by atoms with Crippen LogP contribution in [0.3, 0.4) is 0 Å². The number of imide groups is 1. The molecule has 1 fully saturated rings. The van der Waals surface area contributed by atoms with Crippen molar-refractivity contribution in [2.45, 2.75) is 45.8 Å². The number of ether oxygens (including phenoxy) is 1. The van der Waals surface area contributed by atoms with Crippen LogP contribution in [0.5, 0.6) is 0 Å². The van der Waals surface area contributed by atoms with Gasteiger partial charge in [0.15, 0.2) is 11.4 Å². The molecule has 1 aromatic heterocycles. The normalized spacial score (nSPS) is 18.6. The lowest BCUT2D eigenvalue weighted by Gasteiger charge is -2.12. The molecule has 0 aromatic carbocycles. The molecular weight excluding hydrogens is 238 g/mol. The standard InChI is InChI=1S/C11H15N3O4/c1-6(2)8-12-7(18-13-8)5-14-9(15)11(3,4)17-10(14)16/h6H,5H2,1-4H3. The molecule has 0 N–H and O–H groups in total.